The SMILES string of the molecule is O=C(CCl)c1ccc2c(c1)C1CCC2c2cc(C(=O)CCl)ccc21. The number of ketones is 2. The highest BCUT2D eigenvalue weighted by atomic mass is 35.5. The van der Waals surface area contributed by atoms with Crippen LogP contribution in [0.1, 0.15) is 67.6 Å². The number of fused-ring (bicyclic) bond motifs is 1. The van der Waals surface area contributed by atoms with Crippen LogP contribution in [0.5, 0.6) is 0 Å². The van der Waals surface area contributed by atoms with Crippen molar-refractivity contribution in [2.45, 2.75) is 24.7 Å². The van der Waals surface area contributed by atoms with Crippen molar-refractivity contribution >= 4 is 34.8 Å². The molecule has 0 saturated heterocycles. The fraction of sp³-hybridized carbons (Fsp3) is 0.300. The van der Waals surface area contributed by atoms with E-state index < -0.39 is 0 Å². The Balaban J connectivity index is 1.82. The number of hydrogen-bond donors (Lipinski definition) is 0. The predicted molar refractivity (Wildman–Crippen MR) is 95.9 cm³/mol. The molecule has 2 atom stereocenters. The Morgan fingerprint density at radius 2 is 1.17 bits per heavy atom. The summed E-state index contributed by atoms with van der Waals surface area (Å²) in [5, 5.41) is 0. The molecule has 2 unspecified atom stereocenters. The number of hydrogen-bond acceptors (Lipinski definition) is 2. The molecule has 0 spiro atoms. The molecule has 2 bridgehead atoms. The minimum absolute atomic E-state index is 0.00731. The molecule has 122 valence electrons. The Labute approximate surface area is 150 Å². The summed E-state index contributed by atoms with van der Waals surface area (Å²) in [7, 11) is 0. The van der Waals surface area contributed by atoms with Gasteiger partial charge in [0.05, 0.1) is 11.8 Å². The molecule has 3 aliphatic carbocycles. The van der Waals surface area contributed by atoms with Crippen molar-refractivity contribution < 1.29 is 9.59 Å². The first-order valence-electron chi connectivity index (χ1n) is 8.10. The molecule has 0 amide bonds. The van der Waals surface area contributed by atoms with Gasteiger partial charge in [0.25, 0.3) is 0 Å². The number of rotatable bonds is 4. The lowest BCUT2D eigenvalue weighted by Crippen LogP contribution is -2.25. The molecule has 2 aromatic rings. The molecule has 0 saturated carbocycles. The summed E-state index contributed by atoms with van der Waals surface area (Å²) < 4.78 is 0. The van der Waals surface area contributed by atoms with Gasteiger partial charge in [-0.2, -0.15) is 0 Å². The average molecular weight is 359 g/mol. The Bertz CT molecular complexity index is 785. The lowest BCUT2D eigenvalue weighted by Gasteiger charge is -2.40. The van der Waals surface area contributed by atoms with Crippen molar-refractivity contribution in [3.63, 3.8) is 0 Å². The van der Waals surface area contributed by atoms with Crippen LogP contribution in [0.15, 0.2) is 36.4 Å². The Kier molecular flexibility index (Phi) is 3.98. The molecule has 0 fully saturated rings. The quantitative estimate of drug-likeness (QED) is 0.575. The number of carbonyl (C=O) groups excluding carboxylic acids is 2. The van der Waals surface area contributed by atoms with Crippen molar-refractivity contribution in [3.8, 4) is 0 Å². The monoisotopic (exact) mass is 358 g/mol. The summed E-state index contributed by atoms with van der Waals surface area (Å²) in [5.74, 6) is 0.528. The summed E-state index contributed by atoms with van der Waals surface area (Å²) >= 11 is 11.4. The van der Waals surface area contributed by atoms with Gasteiger partial charge in [0.2, 0.25) is 0 Å². The number of carbonyl (C=O) groups is 2. The Morgan fingerprint density at radius 3 is 1.54 bits per heavy atom. The zero-order chi connectivity index (χ0) is 16.8. The van der Waals surface area contributed by atoms with Gasteiger partial charge in [0.15, 0.2) is 11.6 Å². The third kappa shape index (κ3) is 2.32. The van der Waals surface area contributed by atoms with E-state index in [0.29, 0.717) is 23.0 Å². The number of benzene rings is 2. The fourth-order valence-corrected chi connectivity index (χ4v) is 4.49. The van der Waals surface area contributed by atoms with Gasteiger partial charge in [-0.15, -0.1) is 23.2 Å². The first-order chi connectivity index (χ1) is 11.6. The van der Waals surface area contributed by atoms with Crippen molar-refractivity contribution in [1.82, 2.24) is 0 Å². The maximum absolute atomic E-state index is 11.9. The topological polar surface area (TPSA) is 34.1 Å². The highest BCUT2D eigenvalue weighted by molar-refractivity contribution is 6.30. The van der Waals surface area contributed by atoms with E-state index in [2.05, 4.69) is 12.1 Å². The summed E-state index contributed by atoms with van der Waals surface area (Å²) in [6, 6.07) is 11.9. The van der Waals surface area contributed by atoms with Crippen LogP contribution >= 0.6 is 23.2 Å². The molecule has 0 aliphatic heterocycles. The molecule has 2 aromatic carbocycles. The summed E-state index contributed by atoms with van der Waals surface area (Å²) in [4.78, 5) is 23.8. The number of halogens is 2. The molecule has 24 heavy (non-hydrogen) atoms. The normalized spacial score (nSPS) is 20.4. The van der Waals surface area contributed by atoms with Crippen molar-refractivity contribution in [2.75, 3.05) is 11.8 Å². The fourth-order valence-electron chi connectivity index (χ4n) is 4.18. The minimum atomic E-state index is -0.0378. The largest absolute Gasteiger partial charge is 0.293 e. The summed E-state index contributed by atoms with van der Waals surface area (Å²) in [5.41, 5.74) is 6.41. The van der Waals surface area contributed by atoms with Crippen LogP contribution in [0.25, 0.3) is 0 Å². The van der Waals surface area contributed by atoms with E-state index >= 15 is 0 Å². The second-order valence-electron chi connectivity index (χ2n) is 6.48. The van der Waals surface area contributed by atoms with Gasteiger partial charge in [0.1, 0.15) is 0 Å². The van der Waals surface area contributed by atoms with Gasteiger partial charge in [-0.3, -0.25) is 9.59 Å². The van der Waals surface area contributed by atoms with Crippen LogP contribution in [0, 0.1) is 0 Å². The van der Waals surface area contributed by atoms with Crippen LogP contribution in [0.3, 0.4) is 0 Å². The van der Waals surface area contributed by atoms with Gasteiger partial charge in [0, 0.05) is 23.0 Å². The molecular weight excluding hydrogens is 343 g/mol. The van der Waals surface area contributed by atoms with Gasteiger partial charge in [-0.25, -0.2) is 0 Å². The van der Waals surface area contributed by atoms with E-state index in [4.69, 9.17) is 23.2 Å². The van der Waals surface area contributed by atoms with Crippen LogP contribution in [0.2, 0.25) is 0 Å². The third-order valence-corrected chi connectivity index (χ3v) is 5.79. The van der Waals surface area contributed by atoms with Gasteiger partial charge in [-0.1, -0.05) is 24.3 Å². The van der Waals surface area contributed by atoms with Crippen LogP contribution in [0.4, 0.5) is 0 Å². The minimum Gasteiger partial charge on any atom is -0.293 e. The molecular formula is C20H16Cl2O2. The van der Waals surface area contributed by atoms with E-state index in [1.54, 1.807) is 0 Å². The molecule has 0 radical (unpaired) electrons. The van der Waals surface area contributed by atoms with Crippen LogP contribution < -0.4 is 0 Å². The van der Waals surface area contributed by atoms with Gasteiger partial charge in [-0.05, 0) is 47.2 Å². The van der Waals surface area contributed by atoms with E-state index in [1.165, 1.54) is 22.3 Å². The highest BCUT2D eigenvalue weighted by Gasteiger charge is 2.37. The van der Waals surface area contributed by atoms with E-state index in [-0.39, 0.29) is 23.3 Å². The maximum Gasteiger partial charge on any atom is 0.177 e. The van der Waals surface area contributed by atoms with Gasteiger partial charge >= 0.3 is 0 Å². The predicted octanol–water partition coefficient (Wildman–Crippen LogP) is 4.90. The van der Waals surface area contributed by atoms with E-state index in [9.17, 15) is 9.59 Å². The van der Waals surface area contributed by atoms with Crippen molar-refractivity contribution in [2.24, 2.45) is 0 Å². The molecule has 0 N–H and O–H groups in total. The van der Waals surface area contributed by atoms with Crippen molar-refractivity contribution in [3.05, 3.63) is 69.8 Å². The second kappa shape index (κ2) is 6.02. The summed E-state index contributed by atoms with van der Waals surface area (Å²) in [6.45, 7) is 0. The zero-order valence-electron chi connectivity index (χ0n) is 13.0. The Morgan fingerprint density at radius 1 is 0.750 bits per heavy atom. The molecule has 0 heterocycles. The average Bonchev–Trinajstić information content (AvgIpc) is 2.66. The third-order valence-electron chi connectivity index (χ3n) is 5.31. The Hall–Kier alpha value is -1.64. The van der Waals surface area contributed by atoms with Crippen LogP contribution in [-0.2, 0) is 0 Å². The summed E-state index contributed by atoms with van der Waals surface area (Å²) in [6.07, 6.45) is 2.15. The number of Topliss-reactive ketones (excluding diaryl/α,β-unsaturated/α-hetero) is 2. The highest BCUT2D eigenvalue weighted by Crippen LogP contribution is 2.53. The zero-order valence-corrected chi connectivity index (χ0v) is 14.5. The maximum atomic E-state index is 11.9. The van der Waals surface area contributed by atoms with E-state index in [0.717, 1.165) is 12.8 Å². The lowest BCUT2D eigenvalue weighted by molar-refractivity contribution is 0.101. The molecule has 2 nitrogen and oxygen atoms in total. The number of alkyl halides is 2. The first-order valence-corrected chi connectivity index (χ1v) is 9.17. The molecule has 0 aromatic heterocycles. The molecule has 4 heteroatoms. The van der Waals surface area contributed by atoms with E-state index in [1.807, 2.05) is 24.3 Å². The molecule has 5 rings (SSSR count). The smallest absolute Gasteiger partial charge is 0.177 e. The van der Waals surface area contributed by atoms with Crippen molar-refractivity contribution in [1.29, 1.82) is 0 Å². The first kappa shape index (κ1) is 15.9. The van der Waals surface area contributed by atoms with Crippen LogP contribution in [-0.4, -0.2) is 23.3 Å². The van der Waals surface area contributed by atoms with Gasteiger partial charge < -0.3 is 0 Å². The second-order valence-corrected chi connectivity index (χ2v) is 7.02. The standard InChI is InChI=1S/C20H16Cl2O2/c21-9-19(23)11-1-3-13-15-5-6-16(17(13)7-11)14-4-2-12(8-18(14)15)20(24)10-22/h1-4,7-8,15-16H,5-6,9-10H2. The lowest BCUT2D eigenvalue weighted by atomic mass is 9.63. The molecule has 3 aliphatic rings.